The van der Waals surface area contributed by atoms with E-state index in [1.807, 2.05) is 49.4 Å². The molecule has 0 aromatic heterocycles. The number of hydrogen-bond acceptors (Lipinski definition) is 5. The van der Waals surface area contributed by atoms with Crippen LogP contribution in [0.25, 0.3) is 0 Å². The topological polar surface area (TPSA) is 75.7 Å². The summed E-state index contributed by atoms with van der Waals surface area (Å²) in [6.45, 7) is 12.2. The molecule has 6 heteroatoms. The number of carbonyl (C=O) groups is 3. The molecule has 0 saturated heterocycles. The van der Waals surface area contributed by atoms with Crippen molar-refractivity contribution >= 4 is 24.2 Å². The molecule has 6 nitrogen and oxygen atoms in total. The summed E-state index contributed by atoms with van der Waals surface area (Å²) in [7, 11) is 1.75. The largest absolute Gasteiger partial charge is 0.495 e. The van der Waals surface area contributed by atoms with E-state index in [4.69, 9.17) is 4.74 Å². The number of nitrogens with zero attached hydrogens (tertiary/aromatic N) is 1. The first-order valence-electron chi connectivity index (χ1n) is 13.6. The van der Waals surface area contributed by atoms with E-state index in [0.717, 1.165) is 49.5 Å². The summed E-state index contributed by atoms with van der Waals surface area (Å²) in [4.78, 5) is 35.9. The van der Waals surface area contributed by atoms with Gasteiger partial charge in [-0.05, 0) is 56.8 Å². The zero-order valence-corrected chi connectivity index (χ0v) is 23.8. The number of rotatable bonds is 16. The second-order valence-electron chi connectivity index (χ2n) is 9.68. The maximum Gasteiger partial charge on any atom is 0.231 e. The van der Waals surface area contributed by atoms with Crippen molar-refractivity contribution in [2.45, 2.75) is 78.4 Å². The number of likely N-dealkylation sites (N-methyl/N-ethyl adjacent to an activating group) is 1. The predicted octanol–water partition coefficient (Wildman–Crippen LogP) is 6.07. The van der Waals surface area contributed by atoms with Crippen molar-refractivity contribution in [3.8, 4) is 0 Å². The first kappa shape index (κ1) is 32.8. The molecule has 0 aliphatic heterocycles. The molecule has 0 aliphatic carbocycles. The Morgan fingerprint density at radius 1 is 1.08 bits per heavy atom. The van der Waals surface area contributed by atoms with E-state index in [-0.39, 0.29) is 36.9 Å². The molecular formula is C32H46N2O4. The van der Waals surface area contributed by atoms with Crippen LogP contribution in [0.15, 0.2) is 66.9 Å². The Morgan fingerprint density at radius 2 is 1.74 bits per heavy atom. The summed E-state index contributed by atoms with van der Waals surface area (Å²) in [6, 6.07) is 17.9. The minimum atomic E-state index is -0.268. The normalized spacial score (nSPS) is 12.8. The second-order valence-corrected chi connectivity index (χ2v) is 9.68. The molecular weight excluding hydrogens is 476 g/mol. The fourth-order valence-corrected chi connectivity index (χ4v) is 3.90. The van der Waals surface area contributed by atoms with Gasteiger partial charge in [0.25, 0.3) is 0 Å². The number of hydrogen-bond donors (Lipinski definition) is 1. The standard InChI is InChI=1S/C28H37NO3.C4H9NO/c1-5-6-12-23(3)27(32-24(4)17-18-25-14-8-7-9-15-25)21-28(31)29(19-20-30)26-16-11-10-13-22(26)2;1-4(3-6)5-2/h7-11,13-16,20,23,27H,4-6,12,17-19,21H2,1-3H3;3-5H,1-2H3. The highest BCUT2D eigenvalue weighted by atomic mass is 16.5. The van der Waals surface area contributed by atoms with Crippen LogP contribution < -0.4 is 10.2 Å². The first-order chi connectivity index (χ1) is 18.3. The van der Waals surface area contributed by atoms with Crippen LogP contribution >= 0.6 is 0 Å². The van der Waals surface area contributed by atoms with Crippen molar-refractivity contribution in [2.24, 2.45) is 5.92 Å². The first-order valence-corrected chi connectivity index (χ1v) is 13.6. The van der Waals surface area contributed by atoms with Crippen molar-refractivity contribution in [3.63, 3.8) is 0 Å². The average molecular weight is 523 g/mol. The number of carbonyl (C=O) groups excluding carboxylic acids is 3. The van der Waals surface area contributed by atoms with Crippen LogP contribution in [-0.4, -0.2) is 44.2 Å². The van der Waals surface area contributed by atoms with Crippen molar-refractivity contribution in [2.75, 3.05) is 18.5 Å². The molecule has 3 unspecified atom stereocenters. The van der Waals surface area contributed by atoms with Crippen LogP contribution in [0.5, 0.6) is 0 Å². The lowest BCUT2D eigenvalue weighted by molar-refractivity contribution is -0.122. The third-order valence-electron chi connectivity index (χ3n) is 6.50. The molecule has 0 heterocycles. The zero-order chi connectivity index (χ0) is 28.3. The molecule has 1 N–H and O–H groups in total. The van der Waals surface area contributed by atoms with Crippen molar-refractivity contribution in [1.29, 1.82) is 0 Å². The summed E-state index contributed by atoms with van der Waals surface area (Å²) in [5, 5.41) is 2.75. The van der Waals surface area contributed by atoms with Crippen LogP contribution in [0.4, 0.5) is 5.69 Å². The molecule has 208 valence electrons. The Hall–Kier alpha value is -3.25. The maximum atomic E-state index is 13.3. The molecule has 2 rings (SSSR count). The Balaban J connectivity index is 0.00000107. The number of aldehydes is 2. The molecule has 0 saturated carbocycles. The fourth-order valence-electron chi connectivity index (χ4n) is 3.90. The number of nitrogens with one attached hydrogen (secondary N) is 1. The zero-order valence-electron chi connectivity index (χ0n) is 23.8. The van der Waals surface area contributed by atoms with Gasteiger partial charge < -0.3 is 24.5 Å². The summed E-state index contributed by atoms with van der Waals surface area (Å²) in [5.41, 5.74) is 2.97. The van der Waals surface area contributed by atoms with Crippen molar-refractivity contribution in [1.82, 2.24) is 5.32 Å². The lowest BCUT2D eigenvalue weighted by atomic mass is 9.95. The number of aryl methyl sites for hydroxylation is 2. The van der Waals surface area contributed by atoms with Crippen molar-refractivity contribution in [3.05, 3.63) is 78.1 Å². The molecule has 0 aliphatic rings. The lowest BCUT2D eigenvalue weighted by Crippen LogP contribution is -2.37. The number of anilines is 1. The molecule has 1 amide bonds. The SMILES string of the molecule is C=C(CCc1ccccc1)OC(CC(=O)N(CC=O)c1ccccc1C)C(C)CCCC.CNC(C)C=O. The Morgan fingerprint density at radius 3 is 2.29 bits per heavy atom. The van der Waals surface area contributed by atoms with Gasteiger partial charge in [0.1, 0.15) is 18.7 Å². The monoisotopic (exact) mass is 522 g/mol. The van der Waals surface area contributed by atoms with E-state index in [1.165, 1.54) is 5.56 Å². The highest BCUT2D eigenvalue weighted by Crippen LogP contribution is 2.25. The average Bonchev–Trinajstić information content (AvgIpc) is 2.94. The van der Waals surface area contributed by atoms with Gasteiger partial charge >= 0.3 is 0 Å². The third-order valence-corrected chi connectivity index (χ3v) is 6.50. The van der Waals surface area contributed by atoms with Gasteiger partial charge in [0.05, 0.1) is 24.8 Å². The second kappa shape index (κ2) is 18.9. The van der Waals surface area contributed by atoms with Crippen molar-refractivity contribution < 1.29 is 19.1 Å². The van der Waals surface area contributed by atoms with Gasteiger partial charge in [0.2, 0.25) is 5.91 Å². The molecule has 0 bridgehead atoms. The molecule has 3 atom stereocenters. The molecule has 2 aromatic rings. The summed E-state index contributed by atoms with van der Waals surface area (Å²) < 4.78 is 6.27. The fraction of sp³-hybridized carbons (Fsp3) is 0.469. The summed E-state index contributed by atoms with van der Waals surface area (Å²) >= 11 is 0. The van der Waals surface area contributed by atoms with Crippen LogP contribution in [-0.2, 0) is 25.5 Å². The van der Waals surface area contributed by atoms with Gasteiger partial charge in [0, 0.05) is 12.1 Å². The molecule has 0 fully saturated rings. The summed E-state index contributed by atoms with van der Waals surface area (Å²) in [5.74, 6) is 0.811. The van der Waals surface area contributed by atoms with E-state index in [2.05, 4.69) is 37.9 Å². The van der Waals surface area contributed by atoms with Gasteiger partial charge in [0.15, 0.2) is 0 Å². The predicted molar refractivity (Wildman–Crippen MR) is 156 cm³/mol. The molecule has 0 spiro atoms. The van der Waals surface area contributed by atoms with E-state index in [1.54, 1.807) is 18.9 Å². The maximum absolute atomic E-state index is 13.3. The van der Waals surface area contributed by atoms with E-state index >= 15 is 0 Å². The lowest BCUT2D eigenvalue weighted by Gasteiger charge is -2.29. The van der Waals surface area contributed by atoms with Crippen LogP contribution in [0.3, 0.4) is 0 Å². The molecule has 2 aromatic carbocycles. The Kier molecular flexibility index (Phi) is 16.3. The molecule has 38 heavy (non-hydrogen) atoms. The van der Waals surface area contributed by atoms with E-state index in [9.17, 15) is 14.4 Å². The van der Waals surface area contributed by atoms with E-state index < -0.39 is 0 Å². The minimum Gasteiger partial charge on any atom is -0.495 e. The number of benzene rings is 2. The quantitative estimate of drug-likeness (QED) is 0.214. The number of amides is 1. The highest BCUT2D eigenvalue weighted by Gasteiger charge is 2.26. The minimum absolute atomic E-state index is 0.00463. The number of allylic oxidation sites excluding steroid dienone is 1. The van der Waals surface area contributed by atoms with Crippen LogP contribution in [0, 0.1) is 12.8 Å². The third kappa shape index (κ3) is 12.3. The van der Waals surface area contributed by atoms with Gasteiger partial charge in [-0.2, -0.15) is 0 Å². The molecule has 0 radical (unpaired) electrons. The van der Waals surface area contributed by atoms with Crippen LogP contribution in [0.1, 0.15) is 64.0 Å². The Bertz CT molecular complexity index is 976. The number of ether oxygens (including phenoxy) is 1. The smallest absolute Gasteiger partial charge is 0.231 e. The van der Waals surface area contributed by atoms with E-state index in [0.29, 0.717) is 12.2 Å². The van der Waals surface area contributed by atoms with Gasteiger partial charge in [-0.15, -0.1) is 0 Å². The number of unbranched alkanes of at least 4 members (excludes halogenated alkanes) is 1. The van der Waals surface area contributed by atoms with Crippen LogP contribution in [0.2, 0.25) is 0 Å². The van der Waals surface area contributed by atoms with Gasteiger partial charge in [-0.25, -0.2) is 0 Å². The number of para-hydroxylation sites is 1. The summed E-state index contributed by atoms with van der Waals surface area (Å²) in [6.07, 6.45) is 6.32. The highest BCUT2D eigenvalue weighted by molar-refractivity contribution is 5.96. The van der Waals surface area contributed by atoms with Gasteiger partial charge in [-0.1, -0.05) is 81.8 Å². The van der Waals surface area contributed by atoms with Gasteiger partial charge in [-0.3, -0.25) is 4.79 Å². The Labute approximate surface area is 229 Å².